The van der Waals surface area contributed by atoms with Crippen LogP contribution in [0.3, 0.4) is 0 Å². The van der Waals surface area contributed by atoms with Crippen molar-refractivity contribution in [3.8, 4) is 0 Å². The SMILES string of the molecule is Cc1ccccc1C(C)(C)C(=O)NCCCCN. The summed E-state index contributed by atoms with van der Waals surface area (Å²) in [6.07, 6.45) is 1.89. The zero-order valence-corrected chi connectivity index (χ0v) is 11.6. The number of hydrogen-bond acceptors (Lipinski definition) is 2. The van der Waals surface area contributed by atoms with E-state index >= 15 is 0 Å². The highest BCUT2D eigenvalue weighted by Crippen LogP contribution is 2.26. The fourth-order valence-corrected chi connectivity index (χ4v) is 2.09. The minimum Gasteiger partial charge on any atom is -0.355 e. The van der Waals surface area contributed by atoms with Gasteiger partial charge in [-0.1, -0.05) is 24.3 Å². The van der Waals surface area contributed by atoms with E-state index in [1.165, 1.54) is 0 Å². The molecule has 0 fully saturated rings. The Balaban J connectivity index is 2.68. The van der Waals surface area contributed by atoms with Crippen molar-refractivity contribution in [3.63, 3.8) is 0 Å². The predicted molar refractivity (Wildman–Crippen MR) is 75.5 cm³/mol. The Morgan fingerprint density at radius 1 is 1.28 bits per heavy atom. The molecule has 0 saturated heterocycles. The van der Waals surface area contributed by atoms with Crippen LogP contribution in [0.5, 0.6) is 0 Å². The standard InChI is InChI=1S/C15H24N2O/c1-12-8-4-5-9-13(12)15(2,3)14(18)17-11-7-6-10-16/h4-5,8-9H,6-7,10-11,16H2,1-3H3,(H,17,18). The van der Waals surface area contributed by atoms with Gasteiger partial charge >= 0.3 is 0 Å². The van der Waals surface area contributed by atoms with Gasteiger partial charge in [-0.15, -0.1) is 0 Å². The van der Waals surface area contributed by atoms with E-state index in [-0.39, 0.29) is 5.91 Å². The van der Waals surface area contributed by atoms with Crippen molar-refractivity contribution >= 4 is 5.91 Å². The summed E-state index contributed by atoms with van der Waals surface area (Å²) in [6, 6.07) is 8.04. The third-order valence-corrected chi connectivity index (χ3v) is 3.30. The first-order valence-electron chi connectivity index (χ1n) is 6.54. The molecule has 0 unspecified atom stereocenters. The Morgan fingerprint density at radius 3 is 2.56 bits per heavy atom. The molecular formula is C15H24N2O. The van der Waals surface area contributed by atoms with Crippen molar-refractivity contribution < 1.29 is 4.79 Å². The maximum absolute atomic E-state index is 12.2. The van der Waals surface area contributed by atoms with Crippen LogP contribution in [0.1, 0.15) is 37.8 Å². The van der Waals surface area contributed by atoms with Crippen LogP contribution in [0.15, 0.2) is 24.3 Å². The minimum atomic E-state index is -0.492. The third-order valence-electron chi connectivity index (χ3n) is 3.30. The summed E-state index contributed by atoms with van der Waals surface area (Å²) in [4.78, 5) is 12.2. The van der Waals surface area contributed by atoms with Gasteiger partial charge in [0.05, 0.1) is 5.41 Å². The van der Waals surface area contributed by atoms with Crippen LogP contribution in [-0.2, 0) is 10.2 Å². The average Bonchev–Trinajstić information content (AvgIpc) is 2.34. The van der Waals surface area contributed by atoms with Crippen LogP contribution in [0.4, 0.5) is 0 Å². The highest BCUT2D eigenvalue weighted by molar-refractivity contribution is 5.87. The van der Waals surface area contributed by atoms with Crippen molar-refractivity contribution in [3.05, 3.63) is 35.4 Å². The van der Waals surface area contributed by atoms with Crippen LogP contribution >= 0.6 is 0 Å². The maximum Gasteiger partial charge on any atom is 0.230 e. The van der Waals surface area contributed by atoms with E-state index in [0.29, 0.717) is 13.1 Å². The average molecular weight is 248 g/mol. The van der Waals surface area contributed by atoms with Gasteiger partial charge in [0.15, 0.2) is 0 Å². The van der Waals surface area contributed by atoms with E-state index < -0.39 is 5.41 Å². The molecule has 0 heterocycles. The van der Waals surface area contributed by atoms with Crippen molar-refractivity contribution in [2.24, 2.45) is 5.73 Å². The van der Waals surface area contributed by atoms with E-state index in [4.69, 9.17) is 5.73 Å². The fraction of sp³-hybridized carbons (Fsp3) is 0.533. The maximum atomic E-state index is 12.2. The highest BCUT2D eigenvalue weighted by atomic mass is 16.2. The topological polar surface area (TPSA) is 55.1 Å². The van der Waals surface area contributed by atoms with Crippen molar-refractivity contribution in [2.75, 3.05) is 13.1 Å². The quantitative estimate of drug-likeness (QED) is 0.758. The molecule has 0 radical (unpaired) electrons. The van der Waals surface area contributed by atoms with Crippen LogP contribution in [0.2, 0.25) is 0 Å². The summed E-state index contributed by atoms with van der Waals surface area (Å²) in [7, 11) is 0. The van der Waals surface area contributed by atoms with Gasteiger partial charge < -0.3 is 11.1 Å². The number of carbonyl (C=O) groups is 1. The zero-order chi connectivity index (χ0) is 13.6. The lowest BCUT2D eigenvalue weighted by atomic mass is 9.81. The van der Waals surface area contributed by atoms with E-state index in [9.17, 15) is 4.79 Å². The molecule has 0 aliphatic rings. The molecule has 0 bridgehead atoms. The second-order valence-corrected chi connectivity index (χ2v) is 5.19. The van der Waals surface area contributed by atoms with Gasteiger partial charge in [0.2, 0.25) is 5.91 Å². The molecule has 1 aromatic rings. The normalized spacial score (nSPS) is 11.3. The Kier molecular flexibility index (Phi) is 5.35. The molecule has 3 heteroatoms. The first kappa shape index (κ1) is 14.7. The monoisotopic (exact) mass is 248 g/mol. The largest absolute Gasteiger partial charge is 0.355 e. The molecule has 0 saturated carbocycles. The van der Waals surface area contributed by atoms with E-state index in [2.05, 4.69) is 5.32 Å². The van der Waals surface area contributed by atoms with Gasteiger partial charge in [-0.2, -0.15) is 0 Å². The lowest BCUT2D eigenvalue weighted by molar-refractivity contribution is -0.125. The first-order valence-corrected chi connectivity index (χ1v) is 6.54. The second kappa shape index (κ2) is 6.55. The van der Waals surface area contributed by atoms with Crippen molar-refractivity contribution in [1.82, 2.24) is 5.32 Å². The van der Waals surface area contributed by atoms with Gasteiger partial charge in [-0.3, -0.25) is 4.79 Å². The van der Waals surface area contributed by atoms with Gasteiger partial charge in [0.1, 0.15) is 0 Å². The lowest BCUT2D eigenvalue weighted by Gasteiger charge is -2.26. The summed E-state index contributed by atoms with van der Waals surface area (Å²) >= 11 is 0. The number of amides is 1. The number of nitrogens with two attached hydrogens (primary N) is 1. The Morgan fingerprint density at radius 2 is 1.94 bits per heavy atom. The summed E-state index contributed by atoms with van der Waals surface area (Å²) in [6.45, 7) is 7.35. The first-order chi connectivity index (χ1) is 8.50. The molecule has 0 spiro atoms. The number of hydrogen-bond donors (Lipinski definition) is 2. The molecule has 0 aliphatic carbocycles. The minimum absolute atomic E-state index is 0.0776. The molecule has 1 aromatic carbocycles. The van der Waals surface area contributed by atoms with Crippen molar-refractivity contribution in [1.29, 1.82) is 0 Å². The lowest BCUT2D eigenvalue weighted by Crippen LogP contribution is -2.41. The zero-order valence-electron chi connectivity index (χ0n) is 11.6. The van der Waals surface area contributed by atoms with Crippen LogP contribution in [0.25, 0.3) is 0 Å². The molecular weight excluding hydrogens is 224 g/mol. The van der Waals surface area contributed by atoms with Crippen LogP contribution < -0.4 is 11.1 Å². The van der Waals surface area contributed by atoms with E-state index in [1.54, 1.807) is 0 Å². The molecule has 18 heavy (non-hydrogen) atoms. The fourth-order valence-electron chi connectivity index (χ4n) is 2.09. The van der Waals surface area contributed by atoms with E-state index in [0.717, 1.165) is 24.0 Å². The Labute approximate surface area is 110 Å². The number of carbonyl (C=O) groups excluding carboxylic acids is 1. The molecule has 3 nitrogen and oxygen atoms in total. The molecule has 0 aliphatic heterocycles. The third kappa shape index (κ3) is 3.57. The summed E-state index contributed by atoms with van der Waals surface area (Å²) in [5.74, 6) is 0.0776. The summed E-state index contributed by atoms with van der Waals surface area (Å²) in [5.41, 5.74) is 7.17. The highest BCUT2D eigenvalue weighted by Gasteiger charge is 2.30. The van der Waals surface area contributed by atoms with E-state index in [1.807, 2.05) is 45.0 Å². The number of rotatable bonds is 6. The molecule has 1 amide bonds. The molecule has 100 valence electrons. The van der Waals surface area contributed by atoms with Gasteiger partial charge in [-0.25, -0.2) is 0 Å². The number of aryl methyl sites for hydroxylation is 1. The van der Waals surface area contributed by atoms with Crippen molar-refractivity contribution in [2.45, 2.75) is 39.0 Å². The number of nitrogens with one attached hydrogen (secondary N) is 1. The number of benzene rings is 1. The Hall–Kier alpha value is -1.35. The van der Waals surface area contributed by atoms with Gasteiger partial charge in [0.25, 0.3) is 0 Å². The second-order valence-electron chi connectivity index (χ2n) is 5.19. The molecule has 0 atom stereocenters. The Bertz CT molecular complexity index is 399. The molecule has 3 N–H and O–H groups in total. The van der Waals surface area contributed by atoms with Gasteiger partial charge in [0, 0.05) is 6.54 Å². The summed E-state index contributed by atoms with van der Waals surface area (Å²) < 4.78 is 0. The summed E-state index contributed by atoms with van der Waals surface area (Å²) in [5, 5.41) is 2.99. The smallest absolute Gasteiger partial charge is 0.230 e. The molecule has 1 rings (SSSR count). The van der Waals surface area contributed by atoms with Gasteiger partial charge in [-0.05, 0) is 51.3 Å². The van der Waals surface area contributed by atoms with Crippen LogP contribution in [0, 0.1) is 6.92 Å². The van der Waals surface area contributed by atoms with Crippen LogP contribution in [-0.4, -0.2) is 19.0 Å². The molecule has 0 aromatic heterocycles. The predicted octanol–water partition coefficient (Wildman–Crippen LogP) is 2.13. The number of unbranched alkanes of at least 4 members (excludes halogenated alkanes) is 1.